The van der Waals surface area contributed by atoms with Crippen molar-refractivity contribution < 1.29 is 4.79 Å². The molecule has 0 aliphatic rings. The number of rotatable bonds is 3. The van der Waals surface area contributed by atoms with E-state index in [2.05, 4.69) is 20.9 Å². The number of nitrogens with zero attached hydrogens (tertiary/aromatic N) is 2. The highest BCUT2D eigenvalue weighted by Gasteiger charge is 2.11. The van der Waals surface area contributed by atoms with Crippen LogP contribution in [0.3, 0.4) is 0 Å². The van der Waals surface area contributed by atoms with E-state index in [1.54, 1.807) is 6.20 Å². The number of hydrogen-bond donors (Lipinski definition) is 0. The number of aryl methyl sites for hydroxylation is 1. The van der Waals surface area contributed by atoms with Gasteiger partial charge in [0.1, 0.15) is 5.82 Å². The molecule has 2 aromatic heterocycles. The maximum Gasteiger partial charge on any atom is 0.171 e. The van der Waals surface area contributed by atoms with Crippen molar-refractivity contribution in [2.24, 2.45) is 7.05 Å². The van der Waals surface area contributed by atoms with Gasteiger partial charge < -0.3 is 4.57 Å². The highest BCUT2D eigenvalue weighted by molar-refractivity contribution is 9.11. The largest absolute Gasteiger partial charge is 0.338 e. The van der Waals surface area contributed by atoms with Gasteiger partial charge in [0.05, 0.1) is 10.2 Å². The third-order valence-corrected chi connectivity index (χ3v) is 3.63. The van der Waals surface area contributed by atoms with Crippen molar-refractivity contribution in [2.45, 2.75) is 6.42 Å². The molecule has 2 aromatic rings. The molecule has 0 unspecified atom stereocenters. The van der Waals surface area contributed by atoms with E-state index < -0.39 is 0 Å². The van der Waals surface area contributed by atoms with E-state index in [1.165, 1.54) is 11.3 Å². The van der Waals surface area contributed by atoms with Crippen molar-refractivity contribution in [3.63, 3.8) is 0 Å². The summed E-state index contributed by atoms with van der Waals surface area (Å²) in [6.45, 7) is 0. The summed E-state index contributed by atoms with van der Waals surface area (Å²) in [5, 5.41) is 1.86. The Balaban J connectivity index is 2.14. The minimum Gasteiger partial charge on any atom is -0.338 e. The molecule has 5 heteroatoms. The van der Waals surface area contributed by atoms with Crippen LogP contribution in [0.4, 0.5) is 0 Å². The van der Waals surface area contributed by atoms with Gasteiger partial charge in [0, 0.05) is 30.4 Å². The third kappa shape index (κ3) is 2.35. The topological polar surface area (TPSA) is 34.9 Å². The first-order chi connectivity index (χ1) is 7.16. The van der Waals surface area contributed by atoms with E-state index in [1.807, 2.05) is 29.3 Å². The number of imidazole rings is 1. The maximum atomic E-state index is 11.8. The summed E-state index contributed by atoms with van der Waals surface area (Å²) in [4.78, 5) is 15.9. The molecule has 0 N–H and O–H groups in total. The van der Waals surface area contributed by atoms with E-state index in [9.17, 15) is 4.79 Å². The summed E-state index contributed by atoms with van der Waals surface area (Å²) in [7, 11) is 1.89. The summed E-state index contributed by atoms with van der Waals surface area (Å²) >= 11 is 4.86. The molecule has 0 saturated carbocycles. The Morgan fingerprint density at radius 3 is 3.00 bits per heavy atom. The summed E-state index contributed by atoms with van der Waals surface area (Å²) in [6.07, 6.45) is 3.89. The molecule has 0 aliphatic heterocycles. The van der Waals surface area contributed by atoms with Gasteiger partial charge in [0.15, 0.2) is 5.78 Å². The molecule has 0 amide bonds. The van der Waals surface area contributed by atoms with Crippen molar-refractivity contribution in [2.75, 3.05) is 0 Å². The summed E-state index contributed by atoms with van der Waals surface area (Å²) in [5.41, 5.74) is 0.745. The fourth-order valence-corrected chi connectivity index (χ4v) is 2.43. The standard InChI is InChI=1S/C10H9BrN2OS/c1-13-3-2-12-10(13)5-8(14)7-4-9(11)15-6-7/h2-4,6H,5H2,1H3. The van der Waals surface area contributed by atoms with Crippen LogP contribution in [0.25, 0.3) is 0 Å². The average Bonchev–Trinajstić information content (AvgIpc) is 2.77. The summed E-state index contributed by atoms with van der Waals surface area (Å²) in [5.74, 6) is 0.897. The lowest BCUT2D eigenvalue weighted by atomic mass is 10.1. The Morgan fingerprint density at radius 1 is 1.67 bits per heavy atom. The predicted octanol–water partition coefficient (Wildman–Crippen LogP) is 2.67. The van der Waals surface area contributed by atoms with Gasteiger partial charge in [0.2, 0.25) is 0 Å². The van der Waals surface area contributed by atoms with Crippen LogP contribution in [0.1, 0.15) is 16.2 Å². The third-order valence-electron chi connectivity index (χ3n) is 2.13. The van der Waals surface area contributed by atoms with Crippen molar-refractivity contribution in [3.8, 4) is 0 Å². The number of carbonyl (C=O) groups excluding carboxylic acids is 1. The molecule has 0 aliphatic carbocycles. The molecule has 2 heterocycles. The Bertz CT molecular complexity index is 489. The van der Waals surface area contributed by atoms with Crippen LogP contribution in [0.2, 0.25) is 0 Å². The minimum absolute atomic E-state index is 0.103. The van der Waals surface area contributed by atoms with Gasteiger partial charge in [0.25, 0.3) is 0 Å². The van der Waals surface area contributed by atoms with E-state index in [4.69, 9.17) is 0 Å². The Kier molecular flexibility index (Phi) is 3.02. The van der Waals surface area contributed by atoms with Crippen molar-refractivity contribution in [1.29, 1.82) is 0 Å². The molecular formula is C10H9BrN2OS. The second-order valence-corrected chi connectivity index (χ2v) is 5.48. The highest BCUT2D eigenvalue weighted by atomic mass is 79.9. The zero-order chi connectivity index (χ0) is 10.8. The highest BCUT2D eigenvalue weighted by Crippen LogP contribution is 2.21. The smallest absolute Gasteiger partial charge is 0.171 e. The molecule has 0 spiro atoms. The average molecular weight is 285 g/mol. The number of carbonyl (C=O) groups is 1. The number of Topliss-reactive ketones (excluding diaryl/α,β-unsaturated/α-hetero) is 1. The number of thiophene rings is 1. The fourth-order valence-electron chi connectivity index (χ4n) is 1.27. The van der Waals surface area contributed by atoms with Gasteiger partial charge in [-0.2, -0.15) is 0 Å². The molecule has 15 heavy (non-hydrogen) atoms. The lowest BCUT2D eigenvalue weighted by molar-refractivity contribution is 0.0990. The van der Waals surface area contributed by atoms with Crippen LogP contribution in [0.15, 0.2) is 27.6 Å². The van der Waals surface area contributed by atoms with Gasteiger partial charge in [-0.25, -0.2) is 4.98 Å². The van der Waals surface area contributed by atoms with Crippen molar-refractivity contribution in [3.05, 3.63) is 39.0 Å². The van der Waals surface area contributed by atoms with Crippen LogP contribution in [0, 0.1) is 0 Å². The van der Waals surface area contributed by atoms with Gasteiger partial charge in [-0.05, 0) is 22.0 Å². The Labute approximate surface area is 99.9 Å². The van der Waals surface area contributed by atoms with Crippen LogP contribution >= 0.6 is 27.3 Å². The normalized spacial score (nSPS) is 10.5. The van der Waals surface area contributed by atoms with Crippen molar-refractivity contribution in [1.82, 2.24) is 9.55 Å². The molecule has 0 aromatic carbocycles. The molecular weight excluding hydrogens is 276 g/mol. The molecule has 78 valence electrons. The lowest BCUT2D eigenvalue weighted by Gasteiger charge is -1.99. The van der Waals surface area contributed by atoms with E-state index >= 15 is 0 Å². The van der Waals surface area contributed by atoms with Crippen LogP contribution < -0.4 is 0 Å². The quantitative estimate of drug-likeness (QED) is 0.813. The van der Waals surface area contributed by atoms with E-state index in [0.717, 1.165) is 15.2 Å². The second kappa shape index (κ2) is 4.28. The second-order valence-electron chi connectivity index (χ2n) is 3.19. The zero-order valence-electron chi connectivity index (χ0n) is 8.11. The fraction of sp³-hybridized carbons (Fsp3) is 0.200. The van der Waals surface area contributed by atoms with Crippen molar-refractivity contribution >= 4 is 33.0 Å². The monoisotopic (exact) mass is 284 g/mol. The number of hydrogen-bond acceptors (Lipinski definition) is 3. The summed E-state index contributed by atoms with van der Waals surface area (Å²) < 4.78 is 2.84. The van der Waals surface area contributed by atoms with E-state index in [0.29, 0.717) is 6.42 Å². The molecule has 0 fully saturated rings. The van der Waals surface area contributed by atoms with Gasteiger partial charge in [-0.15, -0.1) is 11.3 Å². The number of aromatic nitrogens is 2. The predicted molar refractivity (Wildman–Crippen MR) is 63.3 cm³/mol. The van der Waals surface area contributed by atoms with Crippen LogP contribution in [-0.4, -0.2) is 15.3 Å². The van der Waals surface area contributed by atoms with Gasteiger partial charge >= 0.3 is 0 Å². The molecule has 0 saturated heterocycles. The molecule has 0 bridgehead atoms. The van der Waals surface area contributed by atoms with Crippen LogP contribution in [-0.2, 0) is 13.5 Å². The minimum atomic E-state index is 0.103. The molecule has 3 nitrogen and oxygen atoms in total. The Morgan fingerprint density at radius 2 is 2.47 bits per heavy atom. The first kappa shape index (κ1) is 10.6. The molecule has 0 atom stereocenters. The van der Waals surface area contributed by atoms with Gasteiger partial charge in [-0.3, -0.25) is 4.79 Å². The van der Waals surface area contributed by atoms with E-state index in [-0.39, 0.29) is 5.78 Å². The SMILES string of the molecule is Cn1ccnc1CC(=O)c1csc(Br)c1. The lowest BCUT2D eigenvalue weighted by Crippen LogP contribution is -2.07. The van der Waals surface area contributed by atoms with Gasteiger partial charge in [-0.1, -0.05) is 0 Å². The Hall–Kier alpha value is -0.940. The summed E-state index contributed by atoms with van der Waals surface area (Å²) in [6, 6.07) is 1.84. The maximum absolute atomic E-state index is 11.8. The number of ketones is 1. The number of halogens is 1. The zero-order valence-corrected chi connectivity index (χ0v) is 10.5. The van der Waals surface area contributed by atoms with Crippen LogP contribution in [0.5, 0.6) is 0 Å². The first-order valence-corrected chi connectivity index (χ1v) is 6.07. The molecule has 0 radical (unpaired) electrons. The first-order valence-electron chi connectivity index (χ1n) is 4.40. The molecule has 2 rings (SSSR count).